The minimum Gasteiger partial charge on any atom is -0.367 e. The Balaban J connectivity index is 1.79. The van der Waals surface area contributed by atoms with Gasteiger partial charge < -0.3 is 15.1 Å². The molecule has 0 unspecified atom stereocenters. The van der Waals surface area contributed by atoms with Crippen LogP contribution in [0.4, 0.5) is 5.69 Å². The number of carbonyl (C=O) groups is 3. The minimum absolute atomic E-state index is 0.117. The van der Waals surface area contributed by atoms with Crippen molar-refractivity contribution in [2.45, 2.75) is 20.3 Å². The predicted octanol–water partition coefficient (Wildman–Crippen LogP) is 1.72. The molecule has 2 rings (SSSR count). The molecule has 1 aromatic carbocycles. The molecule has 0 aromatic heterocycles. The number of anilines is 1. The summed E-state index contributed by atoms with van der Waals surface area (Å²) < 4.78 is 0. The van der Waals surface area contributed by atoms with Gasteiger partial charge in [0.2, 0.25) is 11.7 Å². The van der Waals surface area contributed by atoms with Gasteiger partial charge >= 0.3 is 0 Å². The number of hydrogen-bond acceptors (Lipinski definition) is 4. The van der Waals surface area contributed by atoms with Crippen molar-refractivity contribution in [3.8, 4) is 0 Å². The third-order valence-electron chi connectivity index (χ3n) is 4.07. The van der Waals surface area contributed by atoms with Gasteiger partial charge in [-0.1, -0.05) is 37.6 Å². The molecule has 25 heavy (non-hydrogen) atoms. The zero-order chi connectivity index (χ0) is 18.4. The Morgan fingerprint density at radius 3 is 2.36 bits per heavy atom. The molecule has 0 aliphatic carbocycles. The second-order valence-corrected chi connectivity index (χ2v) is 6.93. The summed E-state index contributed by atoms with van der Waals surface area (Å²) in [6, 6.07) is 7.62. The SMILES string of the molecule is CC(C)CC(=O)C(=O)NCC(=O)N1CCN(c2ccccc2Cl)CC1. The third kappa shape index (κ3) is 5.46. The van der Waals surface area contributed by atoms with Gasteiger partial charge in [-0.15, -0.1) is 0 Å². The molecule has 1 saturated heterocycles. The lowest BCUT2D eigenvalue weighted by Crippen LogP contribution is -2.51. The minimum atomic E-state index is -0.684. The molecule has 1 heterocycles. The van der Waals surface area contributed by atoms with Gasteiger partial charge in [-0.25, -0.2) is 0 Å². The Labute approximate surface area is 153 Å². The van der Waals surface area contributed by atoms with E-state index in [0.29, 0.717) is 31.2 Å². The van der Waals surface area contributed by atoms with Gasteiger partial charge in [-0.2, -0.15) is 0 Å². The molecule has 6 nitrogen and oxygen atoms in total. The van der Waals surface area contributed by atoms with E-state index in [1.165, 1.54) is 0 Å². The van der Waals surface area contributed by atoms with Crippen molar-refractivity contribution in [1.29, 1.82) is 0 Å². The summed E-state index contributed by atoms with van der Waals surface area (Å²) in [5.74, 6) is -1.22. The van der Waals surface area contributed by atoms with Gasteiger partial charge in [0.25, 0.3) is 5.91 Å². The summed E-state index contributed by atoms with van der Waals surface area (Å²) in [6.45, 7) is 6.06. The van der Waals surface area contributed by atoms with Crippen LogP contribution in [0.15, 0.2) is 24.3 Å². The molecule has 1 aliphatic heterocycles. The summed E-state index contributed by atoms with van der Waals surface area (Å²) in [4.78, 5) is 39.3. The summed E-state index contributed by atoms with van der Waals surface area (Å²) in [5.41, 5.74) is 0.962. The number of amides is 2. The highest BCUT2D eigenvalue weighted by Crippen LogP contribution is 2.25. The molecule has 0 saturated carbocycles. The first-order chi connectivity index (χ1) is 11.9. The summed E-state index contributed by atoms with van der Waals surface area (Å²) >= 11 is 6.20. The molecule has 7 heteroatoms. The molecular weight excluding hydrogens is 342 g/mol. The van der Waals surface area contributed by atoms with Crippen LogP contribution in [-0.4, -0.2) is 55.2 Å². The second kappa shape index (κ2) is 8.85. The molecule has 1 aliphatic rings. The first kappa shape index (κ1) is 19.2. The highest BCUT2D eigenvalue weighted by molar-refractivity contribution is 6.36. The molecule has 1 aromatic rings. The third-order valence-corrected chi connectivity index (χ3v) is 4.39. The van der Waals surface area contributed by atoms with Gasteiger partial charge in [0.05, 0.1) is 17.3 Å². The predicted molar refractivity (Wildman–Crippen MR) is 97.7 cm³/mol. The standard InChI is InChI=1S/C18H24ClN3O3/c1-13(2)11-16(23)18(25)20-12-17(24)22-9-7-21(8-10-22)15-6-4-3-5-14(15)19/h3-6,13H,7-12H2,1-2H3,(H,20,25). The molecule has 1 fully saturated rings. The average Bonchev–Trinajstić information content (AvgIpc) is 2.59. The Morgan fingerprint density at radius 1 is 1.12 bits per heavy atom. The van der Waals surface area contributed by atoms with Crippen LogP contribution in [0, 0.1) is 5.92 Å². The molecule has 0 atom stereocenters. The molecule has 2 amide bonds. The van der Waals surface area contributed by atoms with Crippen LogP contribution >= 0.6 is 11.6 Å². The maximum absolute atomic E-state index is 12.2. The molecule has 136 valence electrons. The molecule has 0 bridgehead atoms. The number of ketones is 1. The van der Waals surface area contributed by atoms with E-state index in [9.17, 15) is 14.4 Å². The van der Waals surface area contributed by atoms with Crippen LogP contribution in [0.3, 0.4) is 0 Å². The van der Waals surface area contributed by atoms with E-state index in [-0.39, 0.29) is 24.8 Å². The first-order valence-corrected chi connectivity index (χ1v) is 8.84. The van der Waals surface area contributed by atoms with Crippen molar-refractivity contribution in [3.05, 3.63) is 29.3 Å². The number of Topliss-reactive ketones (excluding diaryl/α,β-unsaturated/α-hetero) is 1. The number of hydrogen-bond donors (Lipinski definition) is 1. The zero-order valence-corrected chi connectivity index (χ0v) is 15.4. The van der Waals surface area contributed by atoms with E-state index < -0.39 is 11.7 Å². The van der Waals surface area contributed by atoms with Crippen LogP contribution in [0.25, 0.3) is 0 Å². The van der Waals surface area contributed by atoms with E-state index in [2.05, 4.69) is 10.2 Å². The molecule has 1 N–H and O–H groups in total. The average molecular weight is 366 g/mol. The monoisotopic (exact) mass is 365 g/mol. The maximum atomic E-state index is 12.2. The lowest BCUT2D eigenvalue weighted by molar-refractivity contribution is -0.140. The van der Waals surface area contributed by atoms with Gasteiger partial charge in [-0.3, -0.25) is 14.4 Å². The number of carbonyl (C=O) groups excluding carboxylic acids is 3. The van der Waals surface area contributed by atoms with E-state index >= 15 is 0 Å². The fourth-order valence-corrected chi connectivity index (χ4v) is 2.99. The topological polar surface area (TPSA) is 69.7 Å². The van der Waals surface area contributed by atoms with E-state index in [4.69, 9.17) is 11.6 Å². The van der Waals surface area contributed by atoms with E-state index in [1.807, 2.05) is 38.1 Å². The summed E-state index contributed by atoms with van der Waals surface area (Å²) in [5, 5.41) is 3.12. The van der Waals surface area contributed by atoms with Crippen molar-refractivity contribution >= 4 is 34.9 Å². The quantitative estimate of drug-likeness (QED) is 0.779. The number of nitrogens with one attached hydrogen (secondary N) is 1. The number of rotatable bonds is 6. The lowest BCUT2D eigenvalue weighted by Gasteiger charge is -2.36. The summed E-state index contributed by atoms with van der Waals surface area (Å²) in [7, 11) is 0. The number of para-hydroxylation sites is 1. The van der Waals surface area contributed by atoms with Crippen molar-refractivity contribution in [1.82, 2.24) is 10.2 Å². The second-order valence-electron chi connectivity index (χ2n) is 6.52. The fraction of sp³-hybridized carbons (Fsp3) is 0.500. The zero-order valence-electron chi connectivity index (χ0n) is 14.6. The van der Waals surface area contributed by atoms with Crippen LogP contribution in [0.1, 0.15) is 20.3 Å². The maximum Gasteiger partial charge on any atom is 0.287 e. The largest absolute Gasteiger partial charge is 0.367 e. The molecular formula is C18H24ClN3O3. The Bertz CT molecular complexity index is 640. The first-order valence-electron chi connectivity index (χ1n) is 8.46. The Hall–Kier alpha value is -2.08. The molecule has 0 radical (unpaired) electrons. The number of piperazine rings is 1. The smallest absolute Gasteiger partial charge is 0.287 e. The van der Waals surface area contributed by atoms with Gasteiger partial charge in [0.15, 0.2) is 0 Å². The Kier molecular flexibility index (Phi) is 6.82. The highest BCUT2D eigenvalue weighted by atomic mass is 35.5. The Morgan fingerprint density at radius 2 is 1.76 bits per heavy atom. The van der Waals surface area contributed by atoms with Crippen molar-refractivity contribution < 1.29 is 14.4 Å². The van der Waals surface area contributed by atoms with E-state index in [0.717, 1.165) is 5.69 Å². The van der Waals surface area contributed by atoms with Crippen molar-refractivity contribution in [3.63, 3.8) is 0 Å². The van der Waals surface area contributed by atoms with Gasteiger partial charge in [0, 0.05) is 32.6 Å². The van der Waals surface area contributed by atoms with Gasteiger partial charge in [0.1, 0.15) is 0 Å². The van der Waals surface area contributed by atoms with Gasteiger partial charge in [-0.05, 0) is 18.1 Å². The summed E-state index contributed by atoms with van der Waals surface area (Å²) in [6.07, 6.45) is 0.191. The lowest BCUT2D eigenvalue weighted by atomic mass is 10.1. The normalized spacial score (nSPS) is 14.6. The van der Waals surface area contributed by atoms with Crippen molar-refractivity contribution in [2.75, 3.05) is 37.6 Å². The van der Waals surface area contributed by atoms with Crippen LogP contribution in [0.2, 0.25) is 5.02 Å². The van der Waals surface area contributed by atoms with Crippen LogP contribution in [0.5, 0.6) is 0 Å². The number of nitrogens with zero attached hydrogens (tertiary/aromatic N) is 2. The van der Waals surface area contributed by atoms with Crippen molar-refractivity contribution in [2.24, 2.45) is 5.92 Å². The van der Waals surface area contributed by atoms with E-state index in [1.54, 1.807) is 4.90 Å². The number of halogens is 1. The fourth-order valence-electron chi connectivity index (χ4n) is 2.73. The van der Waals surface area contributed by atoms with Crippen LogP contribution in [-0.2, 0) is 14.4 Å². The molecule has 0 spiro atoms. The highest BCUT2D eigenvalue weighted by Gasteiger charge is 2.23. The van der Waals surface area contributed by atoms with Crippen LogP contribution < -0.4 is 10.2 Å². The number of benzene rings is 1.